The first-order chi connectivity index (χ1) is 7.65. The smallest absolute Gasteiger partial charge is 0.295 e. The van der Waals surface area contributed by atoms with Crippen molar-refractivity contribution in [2.24, 2.45) is 12.9 Å². The molecule has 1 aromatic carbocycles. The van der Waals surface area contributed by atoms with Crippen LogP contribution in [-0.2, 0) is 18.4 Å². The number of imidazole rings is 1. The first-order valence-corrected chi connectivity index (χ1v) is 4.79. The molecule has 1 aromatic heterocycles. The molecule has 0 unspecified atom stereocenters. The highest BCUT2D eigenvalue weighted by molar-refractivity contribution is 5.80. The van der Waals surface area contributed by atoms with Crippen LogP contribution in [-0.4, -0.2) is 15.0 Å². The van der Waals surface area contributed by atoms with Gasteiger partial charge in [-0.15, -0.1) is 0 Å². The van der Waals surface area contributed by atoms with Crippen LogP contribution in [0.2, 0.25) is 0 Å². The molecule has 0 aliphatic heterocycles. The number of nitrogens with zero attached hydrogens (tertiary/aromatic N) is 2. The lowest BCUT2D eigenvalue weighted by Crippen LogP contribution is -2.36. The van der Waals surface area contributed by atoms with Crippen LogP contribution >= 0.6 is 0 Å². The molecule has 0 aliphatic rings. The monoisotopic (exact) mass is 220 g/mol. The van der Waals surface area contributed by atoms with Crippen LogP contribution < -0.4 is 17.0 Å². The lowest BCUT2D eigenvalue weighted by Gasteiger charge is -2.00. The molecule has 6 heteroatoms. The van der Waals surface area contributed by atoms with Crippen molar-refractivity contribution in [2.45, 2.75) is 6.54 Å². The van der Waals surface area contributed by atoms with Gasteiger partial charge in [-0.05, 0) is 12.1 Å². The third-order valence-electron chi connectivity index (χ3n) is 2.51. The Morgan fingerprint density at radius 3 is 2.62 bits per heavy atom. The Hall–Kier alpha value is -2.08. The third kappa shape index (κ3) is 1.49. The zero-order valence-corrected chi connectivity index (χ0v) is 8.80. The van der Waals surface area contributed by atoms with Crippen LogP contribution in [0, 0.1) is 0 Å². The maximum atomic E-state index is 11.8. The number of rotatable bonds is 2. The fourth-order valence-corrected chi connectivity index (χ4v) is 1.71. The standard InChI is InChI=1S/C10H12N4O2/c1-13-7-4-2-3-5-8(7)14(10(13)16)6-9(15)12-11/h2-5H,6,11H2,1H3,(H,12,15). The van der Waals surface area contributed by atoms with E-state index in [1.54, 1.807) is 13.1 Å². The van der Waals surface area contributed by atoms with Crippen molar-refractivity contribution < 1.29 is 4.79 Å². The number of hydrogen-bond donors (Lipinski definition) is 2. The molecule has 6 nitrogen and oxygen atoms in total. The third-order valence-corrected chi connectivity index (χ3v) is 2.51. The number of hydrogen-bond acceptors (Lipinski definition) is 3. The number of amides is 1. The Labute approximate surface area is 91.2 Å². The highest BCUT2D eigenvalue weighted by atomic mass is 16.2. The summed E-state index contributed by atoms with van der Waals surface area (Å²) in [5, 5.41) is 0. The quantitative estimate of drug-likeness (QED) is 0.400. The van der Waals surface area contributed by atoms with Gasteiger partial charge in [0.15, 0.2) is 0 Å². The van der Waals surface area contributed by atoms with E-state index in [2.05, 4.69) is 0 Å². The summed E-state index contributed by atoms with van der Waals surface area (Å²) < 4.78 is 2.89. The van der Waals surface area contributed by atoms with Crippen LogP contribution in [0.1, 0.15) is 0 Å². The lowest BCUT2D eigenvalue weighted by molar-refractivity contribution is -0.121. The van der Waals surface area contributed by atoms with Crippen molar-refractivity contribution in [1.82, 2.24) is 14.6 Å². The van der Waals surface area contributed by atoms with Gasteiger partial charge in [0.2, 0.25) is 0 Å². The van der Waals surface area contributed by atoms with Gasteiger partial charge in [-0.1, -0.05) is 12.1 Å². The van der Waals surface area contributed by atoms with E-state index < -0.39 is 5.91 Å². The zero-order valence-electron chi connectivity index (χ0n) is 8.80. The number of hydrazine groups is 1. The van der Waals surface area contributed by atoms with Crippen LogP contribution in [0.5, 0.6) is 0 Å². The fourth-order valence-electron chi connectivity index (χ4n) is 1.71. The highest BCUT2D eigenvalue weighted by Crippen LogP contribution is 2.10. The van der Waals surface area contributed by atoms with Gasteiger partial charge in [0.1, 0.15) is 6.54 Å². The summed E-state index contributed by atoms with van der Waals surface area (Å²) in [4.78, 5) is 23.0. The Morgan fingerprint density at radius 2 is 2.00 bits per heavy atom. The number of carbonyl (C=O) groups is 1. The molecule has 0 radical (unpaired) electrons. The van der Waals surface area contributed by atoms with Crippen molar-refractivity contribution in [2.75, 3.05) is 0 Å². The minimum absolute atomic E-state index is 0.0727. The van der Waals surface area contributed by atoms with Gasteiger partial charge in [-0.3, -0.25) is 19.4 Å². The number of fused-ring (bicyclic) bond motifs is 1. The van der Waals surface area contributed by atoms with E-state index in [4.69, 9.17) is 5.84 Å². The zero-order chi connectivity index (χ0) is 11.7. The molecule has 0 saturated carbocycles. The van der Waals surface area contributed by atoms with Crippen LogP contribution in [0.3, 0.4) is 0 Å². The van der Waals surface area contributed by atoms with Gasteiger partial charge < -0.3 is 0 Å². The van der Waals surface area contributed by atoms with Gasteiger partial charge >= 0.3 is 5.69 Å². The molecule has 0 aliphatic carbocycles. The van der Waals surface area contributed by atoms with Crippen molar-refractivity contribution >= 4 is 16.9 Å². The Bertz CT molecular complexity index is 596. The van der Waals surface area contributed by atoms with Crippen molar-refractivity contribution in [1.29, 1.82) is 0 Å². The number of para-hydroxylation sites is 2. The van der Waals surface area contributed by atoms with Crippen molar-refractivity contribution in [3.63, 3.8) is 0 Å². The van der Waals surface area contributed by atoms with Crippen LogP contribution in [0.15, 0.2) is 29.1 Å². The molecule has 84 valence electrons. The molecule has 0 fully saturated rings. The normalized spacial score (nSPS) is 10.6. The maximum absolute atomic E-state index is 11.8. The Morgan fingerprint density at radius 1 is 1.38 bits per heavy atom. The summed E-state index contributed by atoms with van der Waals surface area (Å²) in [5.41, 5.74) is 3.29. The summed E-state index contributed by atoms with van der Waals surface area (Å²) in [7, 11) is 1.67. The van der Waals surface area contributed by atoms with E-state index in [0.717, 1.165) is 11.0 Å². The summed E-state index contributed by atoms with van der Waals surface area (Å²) in [6.45, 7) is -0.0727. The largest absolute Gasteiger partial charge is 0.329 e. The summed E-state index contributed by atoms with van der Waals surface area (Å²) in [6.07, 6.45) is 0. The molecule has 2 aromatic rings. The topological polar surface area (TPSA) is 82.0 Å². The predicted molar refractivity (Wildman–Crippen MR) is 59.5 cm³/mol. The molecule has 0 spiro atoms. The molecule has 0 atom stereocenters. The molecular weight excluding hydrogens is 208 g/mol. The van der Waals surface area contributed by atoms with E-state index >= 15 is 0 Å². The number of nitrogens with two attached hydrogens (primary N) is 1. The second kappa shape index (κ2) is 3.82. The summed E-state index contributed by atoms with van der Waals surface area (Å²) in [5.74, 6) is 4.59. The molecule has 1 heterocycles. The Kier molecular flexibility index (Phi) is 2.49. The molecular formula is C10H12N4O2. The van der Waals surface area contributed by atoms with Crippen molar-refractivity contribution in [3.8, 4) is 0 Å². The number of benzene rings is 1. The summed E-state index contributed by atoms with van der Waals surface area (Å²) >= 11 is 0. The average molecular weight is 220 g/mol. The number of aromatic nitrogens is 2. The fraction of sp³-hybridized carbons (Fsp3) is 0.200. The molecule has 16 heavy (non-hydrogen) atoms. The van der Waals surface area contributed by atoms with Gasteiger partial charge in [-0.25, -0.2) is 10.6 Å². The molecule has 2 rings (SSSR count). The van der Waals surface area contributed by atoms with E-state index in [9.17, 15) is 9.59 Å². The van der Waals surface area contributed by atoms with E-state index in [1.807, 2.05) is 23.6 Å². The molecule has 0 bridgehead atoms. The number of aryl methyl sites for hydroxylation is 1. The SMILES string of the molecule is Cn1c(=O)n(CC(=O)NN)c2ccccc21. The average Bonchev–Trinajstić information content (AvgIpc) is 2.55. The first-order valence-electron chi connectivity index (χ1n) is 4.79. The Balaban J connectivity index is 2.64. The summed E-state index contributed by atoms with van der Waals surface area (Å²) in [6, 6.07) is 7.28. The predicted octanol–water partition coefficient (Wildman–Crippen LogP) is -0.670. The van der Waals surface area contributed by atoms with E-state index in [1.165, 1.54) is 9.13 Å². The molecule has 0 saturated heterocycles. The van der Waals surface area contributed by atoms with Gasteiger partial charge in [0.25, 0.3) is 5.91 Å². The molecule has 1 amide bonds. The van der Waals surface area contributed by atoms with Crippen LogP contribution in [0.25, 0.3) is 11.0 Å². The van der Waals surface area contributed by atoms with Crippen LogP contribution in [0.4, 0.5) is 0 Å². The number of carbonyl (C=O) groups excluding carboxylic acids is 1. The van der Waals surface area contributed by atoms with Gasteiger partial charge in [0, 0.05) is 7.05 Å². The maximum Gasteiger partial charge on any atom is 0.329 e. The highest BCUT2D eigenvalue weighted by Gasteiger charge is 2.11. The lowest BCUT2D eigenvalue weighted by atomic mass is 10.3. The van der Waals surface area contributed by atoms with Crippen molar-refractivity contribution in [3.05, 3.63) is 34.7 Å². The van der Waals surface area contributed by atoms with E-state index in [0.29, 0.717) is 0 Å². The first kappa shape index (κ1) is 10.4. The molecule has 3 N–H and O–H groups in total. The van der Waals surface area contributed by atoms with Gasteiger partial charge in [0.05, 0.1) is 11.0 Å². The van der Waals surface area contributed by atoms with E-state index in [-0.39, 0.29) is 12.2 Å². The second-order valence-electron chi connectivity index (χ2n) is 3.48. The number of nitrogens with one attached hydrogen (secondary N) is 1. The minimum Gasteiger partial charge on any atom is -0.295 e. The minimum atomic E-state index is -0.404. The van der Waals surface area contributed by atoms with Gasteiger partial charge in [-0.2, -0.15) is 0 Å². The second-order valence-corrected chi connectivity index (χ2v) is 3.48.